The molecule has 0 unspecified atom stereocenters. The van der Waals surface area contributed by atoms with Crippen molar-refractivity contribution in [3.63, 3.8) is 0 Å². The van der Waals surface area contributed by atoms with E-state index in [1.165, 1.54) is 18.2 Å². The fourth-order valence-electron chi connectivity index (χ4n) is 1.74. The van der Waals surface area contributed by atoms with Gasteiger partial charge < -0.3 is 4.74 Å². The second-order valence-corrected chi connectivity index (χ2v) is 6.57. The highest BCUT2D eigenvalue weighted by atomic mass is 32.2. The zero-order valence-electron chi connectivity index (χ0n) is 12.6. The molecule has 21 heavy (non-hydrogen) atoms. The third-order valence-electron chi connectivity index (χ3n) is 3.03. The summed E-state index contributed by atoms with van der Waals surface area (Å²) in [6.45, 7) is 5.43. The SMILES string of the molecule is CCCCOCCCNS(=O)(=O)c1ccc(C#N)c(C)c1. The summed E-state index contributed by atoms with van der Waals surface area (Å²) < 4.78 is 32.1. The lowest BCUT2D eigenvalue weighted by molar-refractivity contribution is 0.130. The minimum absolute atomic E-state index is 0.186. The van der Waals surface area contributed by atoms with Crippen molar-refractivity contribution in [1.29, 1.82) is 5.26 Å². The standard InChI is InChI=1S/C15H22N2O3S/c1-3-4-9-20-10-5-8-17-21(18,19)15-7-6-14(12-16)13(2)11-15/h6-7,11,17H,3-5,8-10H2,1-2H3. The first-order valence-electron chi connectivity index (χ1n) is 7.09. The Kier molecular flexibility index (Phi) is 7.37. The number of hydrogen-bond donors (Lipinski definition) is 1. The smallest absolute Gasteiger partial charge is 0.240 e. The second-order valence-electron chi connectivity index (χ2n) is 4.81. The van der Waals surface area contributed by atoms with Gasteiger partial charge in [0.15, 0.2) is 0 Å². The Morgan fingerprint density at radius 3 is 2.62 bits per heavy atom. The van der Waals surface area contributed by atoms with Gasteiger partial charge >= 0.3 is 0 Å². The van der Waals surface area contributed by atoms with Crippen LogP contribution in [0.4, 0.5) is 0 Å². The third-order valence-corrected chi connectivity index (χ3v) is 4.49. The number of nitrogens with zero attached hydrogens (tertiary/aromatic N) is 1. The molecule has 0 bridgehead atoms. The van der Waals surface area contributed by atoms with E-state index in [0.717, 1.165) is 19.4 Å². The van der Waals surface area contributed by atoms with Crippen molar-refractivity contribution in [2.24, 2.45) is 0 Å². The van der Waals surface area contributed by atoms with Crippen molar-refractivity contribution in [2.75, 3.05) is 19.8 Å². The lowest BCUT2D eigenvalue weighted by atomic mass is 10.1. The highest BCUT2D eigenvalue weighted by Gasteiger charge is 2.14. The van der Waals surface area contributed by atoms with E-state index in [1.807, 2.05) is 6.07 Å². The van der Waals surface area contributed by atoms with Crippen LogP contribution in [0.3, 0.4) is 0 Å². The molecule has 116 valence electrons. The largest absolute Gasteiger partial charge is 0.381 e. The number of rotatable bonds is 9. The van der Waals surface area contributed by atoms with Crippen LogP contribution in [0.2, 0.25) is 0 Å². The van der Waals surface area contributed by atoms with Gasteiger partial charge in [0.25, 0.3) is 0 Å². The number of benzene rings is 1. The van der Waals surface area contributed by atoms with Crippen LogP contribution < -0.4 is 4.72 Å². The number of unbranched alkanes of at least 4 members (excludes halogenated alkanes) is 1. The lowest BCUT2D eigenvalue weighted by Crippen LogP contribution is -2.25. The van der Waals surface area contributed by atoms with Crippen molar-refractivity contribution in [1.82, 2.24) is 4.72 Å². The molecule has 0 aliphatic carbocycles. The zero-order chi connectivity index (χ0) is 15.7. The second kappa shape index (κ2) is 8.78. The molecule has 0 saturated carbocycles. The van der Waals surface area contributed by atoms with E-state index in [4.69, 9.17) is 10.00 Å². The maximum atomic E-state index is 12.1. The molecule has 0 atom stereocenters. The molecule has 0 aromatic heterocycles. The first-order valence-corrected chi connectivity index (χ1v) is 8.57. The summed E-state index contributed by atoms with van der Waals surface area (Å²) in [5.41, 5.74) is 1.14. The molecule has 1 aromatic rings. The van der Waals surface area contributed by atoms with Crippen LogP contribution in [0.5, 0.6) is 0 Å². The maximum Gasteiger partial charge on any atom is 0.240 e. The van der Waals surface area contributed by atoms with Crippen molar-refractivity contribution in [3.05, 3.63) is 29.3 Å². The Morgan fingerprint density at radius 2 is 2.00 bits per heavy atom. The van der Waals surface area contributed by atoms with Crippen LogP contribution in [0.15, 0.2) is 23.1 Å². The van der Waals surface area contributed by atoms with Gasteiger partial charge in [-0.1, -0.05) is 13.3 Å². The van der Waals surface area contributed by atoms with Crippen molar-refractivity contribution >= 4 is 10.0 Å². The Morgan fingerprint density at radius 1 is 1.29 bits per heavy atom. The number of ether oxygens (including phenoxy) is 1. The average molecular weight is 310 g/mol. The molecule has 0 fully saturated rings. The predicted molar refractivity (Wildman–Crippen MR) is 81.4 cm³/mol. The van der Waals surface area contributed by atoms with E-state index in [9.17, 15) is 8.42 Å². The van der Waals surface area contributed by atoms with Gasteiger partial charge in [-0.3, -0.25) is 0 Å². The fourth-order valence-corrected chi connectivity index (χ4v) is 2.90. The van der Waals surface area contributed by atoms with E-state index in [-0.39, 0.29) is 4.90 Å². The predicted octanol–water partition coefficient (Wildman–Crippen LogP) is 2.35. The maximum absolute atomic E-state index is 12.1. The molecule has 0 spiro atoms. The van der Waals surface area contributed by atoms with Gasteiger partial charge in [-0.05, 0) is 43.5 Å². The first-order chi connectivity index (χ1) is 10.0. The van der Waals surface area contributed by atoms with E-state index in [2.05, 4.69) is 11.6 Å². The summed E-state index contributed by atoms with van der Waals surface area (Å²) in [6.07, 6.45) is 2.75. The van der Waals surface area contributed by atoms with Crippen LogP contribution in [0.25, 0.3) is 0 Å². The average Bonchev–Trinajstić information content (AvgIpc) is 2.46. The molecule has 0 aliphatic heterocycles. The van der Waals surface area contributed by atoms with Crippen LogP contribution in [-0.4, -0.2) is 28.2 Å². The lowest BCUT2D eigenvalue weighted by Gasteiger charge is -2.08. The van der Waals surface area contributed by atoms with Crippen LogP contribution in [0, 0.1) is 18.3 Å². The Bertz CT molecular complexity index is 591. The summed E-state index contributed by atoms with van der Waals surface area (Å²) in [4.78, 5) is 0.186. The molecule has 5 nitrogen and oxygen atoms in total. The number of sulfonamides is 1. The number of nitrogens with one attached hydrogen (secondary N) is 1. The van der Waals surface area contributed by atoms with Crippen LogP contribution >= 0.6 is 0 Å². The van der Waals surface area contributed by atoms with Gasteiger partial charge in [0, 0.05) is 19.8 Å². The topological polar surface area (TPSA) is 79.2 Å². The van der Waals surface area contributed by atoms with Crippen molar-refractivity contribution < 1.29 is 13.2 Å². The van der Waals surface area contributed by atoms with E-state index >= 15 is 0 Å². The van der Waals surface area contributed by atoms with Crippen molar-refractivity contribution in [3.8, 4) is 6.07 Å². The molecule has 0 aliphatic rings. The highest BCUT2D eigenvalue weighted by Crippen LogP contribution is 2.14. The Balaban J connectivity index is 2.47. The Hall–Kier alpha value is -1.42. The first kappa shape index (κ1) is 17.6. The number of hydrogen-bond acceptors (Lipinski definition) is 4. The van der Waals surface area contributed by atoms with E-state index < -0.39 is 10.0 Å². The van der Waals surface area contributed by atoms with Crippen LogP contribution in [-0.2, 0) is 14.8 Å². The molecule has 1 N–H and O–H groups in total. The molecule has 0 amide bonds. The normalized spacial score (nSPS) is 11.3. The zero-order valence-corrected chi connectivity index (χ0v) is 13.4. The fraction of sp³-hybridized carbons (Fsp3) is 0.533. The van der Waals surface area contributed by atoms with Gasteiger partial charge in [-0.15, -0.1) is 0 Å². The number of nitriles is 1. The van der Waals surface area contributed by atoms with Gasteiger partial charge in [0.2, 0.25) is 10.0 Å². The van der Waals surface area contributed by atoms with Gasteiger partial charge in [-0.25, -0.2) is 13.1 Å². The monoisotopic (exact) mass is 310 g/mol. The quantitative estimate of drug-likeness (QED) is 0.710. The summed E-state index contributed by atoms with van der Waals surface area (Å²) in [5.74, 6) is 0. The van der Waals surface area contributed by atoms with Gasteiger partial charge in [0.05, 0.1) is 16.5 Å². The highest BCUT2D eigenvalue weighted by molar-refractivity contribution is 7.89. The Labute approximate surface area is 127 Å². The van der Waals surface area contributed by atoms with E-state index in [1.54, 1.807) is 6.92 Å². The third kappa shape index (κ3) is 5.84. The number of aryl methyl sites for hydroxylation is 1. The summed E-state index contributed by atoms with van der Waals surface area (Å²) in [5, 5.41) is 8.85. The summed E-state index contributed by atoms with van der Waals surface area (Å²) in [6, 6.07) is 6.51. The van der Waals surface area contributed by atoms with Crippen molar-refractivity contribution in [2.45, 2.75) is 38.0 Å². The minimum Gasteiger partial charge on any atom is -0.381 e. The molecular weight excluding hydrogens is 288 g/mol. The van der Waals surface area contributed by atoms with Gasteiger partial charge in [-0.2, -0.15) is 5.26 Å². The molecule has 1 aromatic carbocycles. The molecule has 0 radical (unpaired) electrons. The summed E-state index contributed by atoms with van der Waals surface area (Å²) >= 11 is 0. The van der Waals surface area contributed by atoms with E-state index in [0.29, 0.717) is 30.7 Å². The summed E-state index contributed by atoms with van der Waals surface area (Å²) in [7, 11) is -3.52. The molecule has 6 heteroatoms. The molecule has 1 rings (SSSR count). The molecule has 0 heterocycles. The van der Waals surface area contributed by atoms with Crippen LogP contribution in [0.1, 0.15) is 37.3 Å². The van der Waals surface area contributed by atoms with Gasteiger partial charge in [0.1, 0.15) is 0 Å². The minimum atomic E-state index is -3.52. The molecular formula is C15H22N2O3S. The molecule has 0 saturated heterocycles.